The van der Waals surface area contributed by atoms with Gasteiger partial charge in [0.2, 0.25) is 15.9 Å². The molecule has 3 rings (SSSR count). The molecular weight excluding hydrogens is 462 g/mol. The highest BCUT2D eigenvalue weighted by molar-refractivity contribution is 7.89. The number of hydrogen-bond donors (Lipinski definition) is 0. The van der Waals surface area contributed by atoms with E-state index >= 15 is 0 Å². The van der Waals surface area contributed by atoms with Crippen LogP contribution >= 0.6 is 0 Å². The maximum atomic E-state index is 13.0. The van der Waals surface area contributed by atoms with Gasteiger partial charge in [0.05, 0.1) is 27.6 Å². The Morgan fingerprint density at radius 3 is 2.37 bits per heavy atom. The van der Waals surface area contributed by atoms with Gasteiger partial charge in [0.15, 0.2) is 0 Å². The Bertz CT molecular complexity index is 1320. The van der Waals surface area contributed by atoms with E-state index in [0.717, 1.165) is 23.3 Å². The summed E-state index contributed by atoms with van der Waals surface area (Å²) in [6.45, 7) is 7.62. The number of hydrogen-bond acceptors (Lipinski definition) is 5. The topological polar surface area (TPSA) is 99.3 Å². The summed E-state index contributed by atoms with van der Waals surface area (Å²) in [4.78, 5) is 19.8. The third-order valence-electron chi connectivity index (χ3n) is 6.15. The van der Waals surface area contributed by atoms with Crippen molar-refractivity contribution in [3.8, 4) is 6.07 Å². The number of carbonyl (C=O) groups excluding carboxylic acids is 1. The molecule has 35 heavy (non-hydrogen) atoms. The van der Waals surface area contributed by atoms with E-state index in [9.17, 15) is 13.2 Å². The summed E-state index contributed by atoms with van der Waals surface area (Å²) in [5, 5.41) is 8.98. The Hall–Kier alpha value is -3.22. The number of fused-ring (bicyclic) bond motifs is 1. The highest BCUT2D eigenvalue weighted by Gasteiger charge is 2.23. The van der Waals surface area contributed by atoms with Gasteiger partial charge in [0, 0.05) is 46.1 Å². The van der Waals surface area contributed by atoms with Crippen LogP contribution in [0.1, 0.15) is 50.6 Å². The predicted octanol–water partition coefficient (Wildman–Crippen LogP) is 3.85. The number of amides is 1. The first-order chi connectivity index (χ1) is 16.7. The Balaban J connectivity index is 1.76. The SMILES string of the molecule is CCCN(Cc1ccc(C#N)cc1)C(=O)CCc1nc2cc(S(=O)(=O)N(CC)CC)ccc2n1C. The van der Waals surface area contributed by atoms with E-state index in [-0.39, 0.29) is 10.8 Å². The summed E-state index contributed by atoms with van der Waals surface area (Å²) in [7, 11) is -1.69. The second kappa shape index (κ2) is 11.5. The van der Waals surface area contributed by atoms with Gasteiger partial charge in [-0.15, -0.1) is 0 Å². The van der Waals surface area contributed by atoms with Gasteiger partial charge in [-0.2, -0.15) is 9.57 Å². The number of nitrogens with zero attached hydrogens (tertiary/aromatic N) is 5. The maximum Gasteiger partial charge on any atom is 0.243 e. The maximum absolute atomic E-state index is 13.0. The first kappa shape index (κ1) is 26.4. The predicted molar refractivity (Wildman–Crippen MR) is 136 cm³/mol. The molecule has 0 saturated heterocycles. The van der Waals surface area contributed by atoms with Crippen LogP contribution in [0.2, 0.25) is 0 Å². The Kier molecular flexibility index (Phi) is 8.65. The van der Waals surface area contributed by atoms with Gasteiger partial charge in [0.1, 0.15) is 5.82 Å². The van der Waals surface area contributed by atoms with Gasteiger partial charge >= 0.3 is 0 Å². The second-order valence-corrected chi connectivity index (χ2v) is 10.4. The van der Waals surface area contributed by atoms with Crippen molar-refractivity contribution in [3.63, 3.8) is 0 Å². The summed E-state index contributed by atoms with van der Waals surface area (Å²) in [6, 6.07) is 14.4. The lowest BCUT2D eigenvalue weighted by Crippen LogP contribution is -2.31. The monoisotopic (exact) mass is 495 g/mol. The van der Waals surface area contributed by atoms with Crippen LogP contribution in [0.3, 0.4) is 0 Å². The van der Waals surface area contributed by atoms with Crippen LogP contribution in [0.4, 0.5) is 0 Å². The molecule has 8 nitrogen and oxygen atoms in total. The molecule has 0 radical (unpaired) electrons. The molecule has 1 heterocycles. The van der Waals surface area contributed by atoms with Crippen molar-refractivity contribution in [1.29, 1.82) is 5.26 Å². The smallest absolute Gasteiger partial charge is 0.243 e. The molecule has 0 atom stereocenters. The number of aryl methyl sites for hydroxylation is 2. The summed E-state index contributed by atoms with van der Waals surface area (Å²) >= 11 is 0. The minimum atomic E-state index is -3.57. The van der Waals surface area contributed by atoms with Crippen molar-refractivity contribution < 1.29 is 13.2 Å². The van der Waals surface area contributed by atoms with Crippen molar-refractivity contribution in [2.24, 2.45) is 7.05 Å². The van der Waals surface area contributed by atoms with E-state index in [4.69, 9.17) is 5.26 Å². The van der Waals surface area contributed by atoms with Crippen LogP contribution < -0.4 is 0 Å². The van der Waals surface area contributed by atoms with Crippen molar-refractivity contribution in [1.82, 2.24) is 18.8 Å². The fraction of sp³-hybridized carbons (Fsp3) is 0.423. The third-order valence-corrected chi connectivity index (χ3v) is 8.20. The molecule has 0 fully saturated rings. The molecule has 2 aromatic carbocycles. The van der Waals surface area contributed by atoms with E-state index in [1.807, 2.05) is 49.4 Å². The zero-order chi connectivity index (χ0) is 25.6. The van der Waals surface area contributed by atoms with Crippen LogP contribution in [0, 0.1) is 11.3 Å². The Labute approximate surface area is 207 Å². The van der Waals surface area contributed by atoms with Crippen LogP contribution in [0.25, 0.3) is 11.0 Å². The second-order valence-electron chi connectivity index (χ2n) is 8.45. The molecule has 0 bridgehead atoms. The van der Waals surface area contributed by atoms with Crippen LogP contribution in [-0.2, 0) is 34.8 Å². The number of sulfonamides is 1. The van der Waals surface area contributed by atoms with Crippen molar-refractivity contribution in [2.45, 2.75) is 51.5 Å². The molecule has 0 spiro atoms. The number of nitriles is 1. The number of imidazole rings is 1. The van der Waals surface area contributed by atoms with E-state index in [1.165, 1.54) is 4.31 Å². The molecule has 0 unspecified atom stereocenters. The lowest BCUT2D eigenvalue weighted by molar-refractivity contribution is -0.131. The lowest BCUT2D eigenvalue weighted by atomic mass is 10.1. The molecule has 0 aliphatic carbocycles. The van der Waals surface area contributed by atoms with E-state index in [0.29, 0.717) is 50.1 Å². The summed E-state index contributed by atoms with van der Waals surface area (Å²) in [5.74, 6) is 0.772. The molecule has 1 amide bonds. The third kappa shape index (κ3) is 5.89. The minimum absolute atomic E-state index is 0.0352. The molecule has 3 aromatic rings. The first-order valence-electron chi connectivity index (χ1n) is 12.0. The number of aromatic nitrogens is 2. The van der Waals surface area contributed by atoms with Gasteiger partial charge in [0.25, 0.3) is 0 Å². The highest BCUT2D eigenvalue weighted by Crippen LogP contribution is 2.23. The van der Waals surface area contributed by atoms with Gasteiger partial charge in [-0.25, -0.2) is 13.4 Å². The highest BCUT2D eigenvalue weighted by atomic mass is 32.2. The summed E-state index contributed by atoms with van der Waals surface area (Å²) in [5.41, 5.74) is 3.01. The average Bonchev–Trinajstić information content (AvgIpc) is 3.18. The molecule has 0 aliphatic heterocycles. The molecule has 0 N–H and O–H groups in total. The number of carbonyl (C=O) groups is 1. The van der Waals surface area contributed by atoms with Gasteiger partial charge < -0.3 is 9.47 Å². The van der Waals surface area contributed by atoms with E-state index in [2.05, 4.69) is 11.1 Å². The number of rotatable bonds is 11. The molecule has 186 valence electrons. The van der Waals surface area contributed by atoms with Crippen LogP contribution in [0.15, 0.2) is 47.4 Å². The molecule has 9 heteroatoms. The Morgan fingerprint density at radius 1 is 1.09 bits per heavy atom. The zero-order valence-electron chi connectivity index (χ0n) is 20.9. The molecular formula is C26H33N5O3S. The molecule has 1 aromatic heterocycles. The van der Waals surface area contributed by atoms with Gasteiger partial charge in [-0.05, 0) is 42.3 Å². The summed E-state index contributed by atoms with van der Waals surface area (Å²) in [6.07, 6.45) is 1.60. The van der Waals surface area contributed by atoms with Crippen LogP contribution in [-0.4, -0.2) is 52.7 Å². The van der Waals surface area contributed by atoms with Crippen molar-refractivity contribution >= 4 is 27.0 Å². The lowest BCUT2D eigenvalue weighted by Gasteiger charge is -2.22. The average molecular weight is 496 g/mol. The van der Waals surface area contributed by atoms with Crippen LogP contribution in [0.5, 0.6) is 0 Å². The minimum Gasteiger partial charge on any atom is -0.338 e. The fourth-order valence-corrected chi connectivity index (χ4v) is 5.65. The zero-order valence-corrected chi connectivity index (χ0v) is 21.7. The van der Waals surface area contributed by atoms with Crippen molar-refractivity contribution in [2.75, 3.05) is 19.6 Å². The van der Waals surface area contributed by atoms with Gasteiger partial charge in [-0.3, -0.25) is 4.79 Å². The summed E-state index contributed by atoms with van der Waals surface area (Å²) < 4.78 is 29.1. The van der Waals surface area contributed by atoms with Crippen molar-refractivity contribution in [3.05, 3.63) is 59.4 Å². The fourth-order valence-electron chi connectivity index (χ4n) is 4.17. The molecule has 0 saturated carbocycles. The Morgan fingerprint density at radius 2 is 1.77 bits per heavy atom. The number of benzene rings is 2. The van der Waals surface area contributed by atoms with Gasteiger partial charge in [-0.1, -0.05) is 32.9 Å². The van der Waals surface area contributed by atoms with E-state index < -0.39 is 10.0 Å². The quantitative estimate of drug-likeness (QED) is 0.402. The normalized spacial score (nSPS) is 11.7. The largest absolute Gasteiger partial charge is 0.338 e. The standard InChI is InChI=1S/C26H33N5O3S/c1-5-16-30(19-21-10-8-20(18-27)9-11-21)26(32)15-14-25-28-23-17-22(12-13-24(23)29(25)4)35(33,34)31(6-2)7-3/h8-13,17H,5-7,14-16,19H2,1-4H3. The van der Waals surface area contributed by atoms with E-state index in [1.54, 1.807) is 30.3 Å². The molecule has 0 aliphatic rings. The first-order valence-corrected chi connectivity index (χ1v) is 13.4.